The monoisotopic (exact) mass is 194 g/mol. The highest BCUT2D eigenvalue weighted by Crippen LogP contribution is 2.61. The number of carbonyl (C=O) groups excluding carboxylic acids is 1. The first-order chi connectivity index (χ1) is 6.40. The Morgan fingerprint density at radius 3 is 2.57 bits per heavy atom. The maximum atomic E-state index is 12.1. The van der Waals surface area contributed by atoms with Crippen molar-refractivity contribution < 1.29 is 4.79 Å². The number of Topliss-reactive ketones (excluding diaryl/α,β-unsaturated/α-hetero) is 1. The van der Waals surface area contributed by atoms with E-state index in [1.54, 1.807) is 0 Å². The van der Waals surface area contributed by atoms with Gasteiger partial charge in [0.1, 0.15) is 5.78 Å². The minimum absolute atomic E-state index is 0.0297. The summed E-state index contributed by atoms with van der Waals surface area (Å²) in [6.07, 6.45) is 4.70. The molecule has 3 unspecified atom stereocenters. The first kappa shape index (κ1) is 10.2. The molecular formula is C13H22O. The van der Waals surface area contributed by atoms with E-state index in [1.807, 2.05) is 0 Å². The number of rotatable bonds is 1. The predicted octanol–water partition coefficient (Wildman–Crippen LogP) is 3.43. The zero-order valence-corrected chi connectivity index (χ0v) is 9.89. The average molecular weight is 194 g/mol. The van der Waals surface area contributed by atoms with Gasteiger partial charge in [0, 0.05) is 11.3 Å². The summed E-state index contributed by atoms with van der Waals surface area (Å²) in [6.45, 7) is 8.97. The summed E-state index contributed by atoms with van der Waals surface area (Å²) in [5.41, 5.74) is 0.518. The largest absolute Gasteiger partial charge is 0.299 e. The number of hydrogen-bond acceptors (Lipinski definition) is 1. The van der Waals surface area contributed by atoms with E-state index in [0.29, 0.717) is 17.1 Å². The molecule has 0 radical (unpaired) electrons. The Kier molecular flexibility index (Phi) is 2.06. The quantitative estimate of drug-likeness (QED) is 0.625. The number of hydrogen-bond donors (Lipinski definition) is 0. The van der Waals surface area contributed by atoms with E-state index in [9.17, 15) is 4.79 Å². The molecule has 0 aliphatic heterocycles. The summed E-state index contributed by atoms with van der Waals surface area (Å²) in [4.78, 5) is 12.1. The maximum Gasteiger partial charge on any atom is 0.141 e. The molecule has 2 rings (SSSR count). The van der Waals surface area contributed by atoms with Gasteiger partial charge in [0.15, 0.2) is 0 Å². The Morgan fingerprint density at radius 2 is 2.00 bits per heavy atom. The van der Waals surface area contributed by atoms with Gasteiger partial charge in [0.2, 0.25) is 0 Å². The van der Waals surface area contributed by atoms with Gasteiger partial charge in [-0.1, -0.05) is 27.7 Å². The highest BCUT2D eigenvalue weighted by Gasteiger charge is 2.56. The standard InChI is InChI=1S/C13H22O/c1-9(2)13-6-5-12(4,8-13)11(14)10(3)7-13/h9-10H,5-8H2,1-4H3. The zero-order valence-electron chi connectivity index (χ0n) is 9.89. The molecule has 2 saturated carbocycles. The fourth-order valence-electron chi connectivity index (χ4n) is 3.89. The number of ketones is 1. The van der Waals surface area contributed by atoms with Crippen molar-refractivity contribution in [3.8, 4) is 0 Å². The Morgan fingerprint density at radius 1 is 1.36 bits per heavy atom. The lowest BCUT2D eigenvalue weighted by molar-refractivity contribution is -0.136. The second kappa shape index (κ2) is 2.84. The summed E-state index contributed by atoms with van der Waals surface area (Å²) in [7, 11) is 0. The van der Waals surface area contributed by atoms with Crippen LogP contribution in [0.15, 0.2) is 0 Å². The lowest BCUT2D eigenvalue weighted by Gasteiger charge is -2.42. The Labute approximate surface area is 87.3 Å². The van der Waals surface area contributed by atoms with Gasteiger partial charge in [0.25, 0.3) is 0 Å². The van der Waals surface area contributed by atoms with E-state index in [1.165, 1.54) is 6.42 Å². The molecule has 1 heteroatoms. The average Bonchev–Trinajstić information content (AvgIpc) is 2.40. The maximum absolute atomic E-state index is 12.1. The molecule has 0 saturated heterocycles. The van der Waals surface area contributed by atoms with Crippen molar-refractivity contribution in [2.24, 2.45) is 22.7 Å². The van der Waals surface area contributed by atoms with Crippen LogP contribution in [0, 0.1) is 22.7 Å². The molecule has 3 atom stereocenters. The summed E-state index contributed by atoms with van der Waals surface area (Å²) in [5.74, 6) is 1.57. The van der Waals surface area contributed by atoms with Crippen molar-refractivity contribution in [2.45, 2.75) is 53.4 Å². The minimum atomic E-state index is 0.0297. The van der Waals surface area contributed by atoms with Crippen molar-refractivity contribution in [2.75, 3.05) is 0 Å². The smallest absolute Gasteiger partial charge is 0.141 e. The second-order valence-corrected chi connectivity index (χ2v) is 6.22. The van der Waals surface area contributed by atoms with Crippen LogP contribution in [0.25, 0.3) is 0 Å². The molecule has 0 amide bonds. The van der Waals surface area contributed by atoms with Crippen LogP contribution in [0.5, 0.6) is 0 Å². The third-order valence-electron chi connectivity index (χ3n) is 4.90. The fourth-order valence-corrected chi connectivity index (χ4v) is 3.89. The highest BCUT2D eigenvalue weighted by atomic mass is 16.1. The van der Waals surface area contributed by atoms with Crippen LogP contribution < -0.4 is 0 Å². The highest BCUT2D eigenvalue weighted by molar-refractivity contribution is 5.88. The molecule has 0 aromatic heterocycles. The molecule has 2 fully saturated rings. The van der Waals surface area contributed by atoms with Gasteiger partial charge in [-0.25, -0.2) is 0 Å². The van der Waals surface area contributed by atoms with Crippen LogP contribution in [0.3, 0.4) is 0 Å². The SMILES string of the molecule is CC1CC2(C(C)C)CCC(C)(C2)C1=O. The number of carbonyl (C=O) groups is 1. The zero-order chi connectivity index (χ0) is 10.6. The van der Waals surface area contributed by atoms with Crippen LogP contribution in [0.4, 0.5) is 0 Å². The molecule has 0 aromatic rings. The second-order valence-electron chi connectivity index (χ2n) is 6.22. The molecular weight excluding hydrogens is 172 g/mol. The van der Waals surface area contributed by atoms with E-state index in [2.05, 4.69) is 27.7 Å². The van der Waals surface area contributed by atoms with Crippen molar-refractivity contribution in [1.82, 2.24) is 0 Å². The summed E-state index contributed by atoms with van der Waals surface area (Å²) in [5, 5.41) is 0. The van der Waals surface area contributed by atoms with Crippen LogP contribution in [0.1, 0.15) is 53.4 Å². The first-order valence-electron chi connectivity index (χ1n) is 5.94. The number of fused-ring (bicyclic) bond motifs is 2. The Hall–Kier alpha value is -0.330. The normalized spacial score (nSPS) is 47.5. The van der Waals surface area contributed by atoms with Gasteiger partial charge < -0.3 is 0 Å². The summed E-state index contributed by atoms with van der Waals surface area (Å²) < 4.78 is 0. The van der Waals surface area contributed by atoms with Gasteiger partial charge in [-0.15, -0.1) is 0 Å². The summed E-state index contributed by atoms with van der Waals surface area (Å²) >= 11 is 0. The van der Waals surface area contributed by atoms with Gasteiger partial charge in [-0.3, -0.25) is 4.79 Å². The lowest BCUT2D eigenvalue weighted by atomic mass is 9.61. The van der Waals surface area contributed by atoms with Gasteiger partial charge in [-0.2, -0.15) is 0 Å². The third kappa shape index (κ3) is 1.17. The molecule has 80 valence electrons. The first-order valence-corrected chi connectivity index (χ1v) is 5.94. The van der Waals surface area contributed by atoms with E-state index in [4.69, 9.17) is 0 Å². The Bertz CT molecular complexity index is 268. The molecule has 1 nitrogen and oxygen atoms in total. The van der Waals surface area contributed by atoms with Crippen LogP contribution >= 0.6 is 0 Å². The van der Waals surface area contributed by atoms with E-state index >= 15 is 0 Å². The van der Waals surface area contributed by atoms with Crippen LogP contribution in [-0.4, -0.2) is 5.78 Å². The topological polar surface area (TPSA) is 17.1 Å². The van der Waals surface area contributed by atoms with Crippen molar-refractivity contribution in [3.05, 3.63) is 0 Å². The molecule has 0 heterocycles. The van der Waals surface area contributed by atoms with Gasteiger partial charge in [-0.05, 0) is 37.0 Å². The lowest BCUT2D eigenvalue weighted by Crippen LogP contribution is -2.41. The molecule has 2 aliphatic rings. The van der Waals surface area contributed by atoms with Crippen molar-refractivity contribution in [3.63, 3.8) is 0 Å². The fraction of sp³-hybridized carbons (Fsp3) is 0.923. The van der Waals surface area contributed by atoms with Crippen LogP contribution in [-0.2, 0) is 4.79 Å². The van der Waals surface area contributed by atoms with Crippen molar-refractivity contribution >= 4 is 5.78 Å². The molecule has 0 N–H and O–H groups in total. The molecule has 0 spiro atoms. The predicted molar refractivity (Wildman–Crippen MR) is 58.0 cm³/mol. The van der Waals surface area contributed by atoms with E-state index < -0.39 is 0 Å². The molecule has 2 bridgehead atoms. The minimum Gasteiger partial charge on any atom is -0.299 e. The van der Waals surface area contributed by atoms with Crippen molar-refractivity contribution in [1.29, 1.82) is 0 Å². The summed E-state index contributed by atoms with van der Waals surface area (Å²) in [6, 6.07) is 0. The van der Waals surface area contributed by atoms with E-state index in [-0.39, 0.29) is 5.41 Å². The van der Waals surface area contributed by atoms with Gasteiger partial charge in [0.05, 0.1) is 0 Å². The van der Waals surface area contributed by atoms with Crippen LogP contribution in [0.2, 0.25) is 0 Å². The van der Waals surface area contributed by atoms with Gasteiger partial charge >= 0.3 is 0 Å². The Balaban J connectivity index is 2.33. The molecule has 14 heavy (non-hydrogen) atoms. The molecule has 2 aliphatic carbocycles. The molecule has 0 aromatic carbocycles. The van der Waals surface area contributed by atoms with E-state index in [0.717, 1.165) is 25.2 Å². The third-order valence-corrected chi connectivity index (χ3v) is 4.90.